The molecule has 0 radical (unpaired) electrons. The molecule has 0 saturated heterocycles. The van der Waals surface area contributed by atoms with Crippen molar-refractivity contribution in [3.8, 4) is 6.07 Å². The van der Waals surface area contributed by atoms with Crippen LogP contribution in [0.2, 0.25) is 0 Å². The van der Waals surface area contributed by atoms with Crippen molar-refractivity contribution in [3.05, 3.63) is 41.0 Å². The fraction of sp³-hybridized carbons (Fsp3) is 0.412. The minimum atomic E-state index is -0.477. The minimum Gasteiger partial charge on any atom is -0.444 e. The van der Waals surface area contributed by atoms with Gasteiger partial charge in [-0.15, -0.1) is 0 Å². The molecule has 0 aromatic heterocycles. The van der Waals surface area contributed by atoms with Crippen molar-refractivity contribution in [2.24, 2.45) is 0 Å². The van der Waals surface area contributed by atoms with Gasteiger partial charge in [0, 0.05) is 6.54 Å². The van der Waals surface area contributed by atoms with E-state index in [4.69, 9.17) is 10.00 Å². The van der Waals surface area contributed by atoms with Crippen LogP contribution in [-0.2, 0) is 4.74 Å². The van der Waals surface area contributed by atoms with Crippen LogP contribution in [0, 0.1) is 18.3 Å². The molecule has 1 rings (SSSR count). The van der Waals surface area contributed by atoms with E-state index in [1.54, 1.807) is 6.07 Å². The first kappa shape index (κ1) is 16.8. The monoisotopic (exact) mass is 286 g/mol. The number of carbonyl (C=O) groups excluding carboxylic acids is 1. The summed E-state index contributed by atoms with van der Waals surface area (Å²) in [5, 5.41) is 11.7. The normalized spacial score (nSPS) is 11.2. The number of nitrogens with zero attached hydrogens (tertiary/aromatic N) is 1. The van der Waals surface area contributed by atoms with Gasteiger partial charge >= 0.3 is 6.09 Å². The van der Waals surface area contributed by atoms with E-state index in [2.05, 4.69) is 11.4 Å². The number of amides is 1. The molecule has 0 heterocycles. The predicted octanol–water partition coefficient (Wildman–Crippen LogP) is 3.79. The first-order valence-corrected chi connectivity index (χ1v) is 6.96. The highest BCUT2D eigenvalue weighted by Gasteiger charge is 2.15. The molecule has 0 aliphatic rings. The highest BCUT2D eigenvalue weighted by molar-refractivity contribution is 5.67. The number of hydrogen-bond acceptors (Lipinski definition) is 3. The third-order valence-electron chi connectivity index (χ3n) is 2.77. The van der Waals surface area contributed by atoms with E-state index in [-0.39, 0.29) is 0 Å². The standard InChI is InChI=1S/C17H22N2O2/c1-13-14(9-7-10-15(13)12-18)8-5-6-11-19-16(20)21-17(2,3)4/h5,7-10H,6,11H2,1-4H3,(H,19,20). The van der Waals surface area contributed by atoms with E-state index < -0.39 is 11.7 Å². The Morgan fingerprint density at radius 2 is 2.14 bits per heavy atom. The molecule has 112 valence electrons. The number of hydrogen-bond donors (Lipinski definition) is 1. The number of carbonyl (C=O) groups is 1. The summed E-state index contributed by atoms with van der Waals surface area (Å²) in [6, 6.07) is 7.80. The molecule has 0 atom stereocenters. The van der Waals surface area contributed by atoms with E-state index in [1.165, 1.54) is 0 Å². The number of rotatable bonds is 4. The number of benzene rings is 1. The van der Waals surface area contributed by atoms with Gasteiger partial charge in [-0.3, -0.25) is 0 Å². The second-order valence-corrected chi connectivity index (χ2v) is 5.75. The summed E-state index contributed by atoms with van der Waals surface area (Å²) in [6.07, 6.45) is 4.24. The highest BCUT2D eigenvalue weighted by atomic mass is 16.6. The smallest absolute Gasteiger partial charge is 0.407 e. The van der Waals surface area contributed by atoms with Gasteiger partial charge < -0.3 is 10.1 Å². The van der Waals surface area contributed by atoms with Gasteiger partial charge in [0.15, 0.2) is 0 Å². The Hall–Kier alpha value is -2.28. The zero-order valence-electron chi connectivity index (χ0n) is 13.1. The van der Waals surface area contributed by atoms with Crippen molar-refractivity contribution >= 4 is 12.2 Å². The first-order valence-electron chi connectivity index (χ1n) is 6.96. The number of ether oxygens (including phenoxy) is 1. The summed E-state index contributed by atoms with van der Waals surface area (Å²) in [6.45, 7) is 7.94. The van der Waals surface area contributed by atoms with Gasteiger partial charge in [-0.25, -0.2) is 4.79 Å². The predicted molar refractivity (Wildman–Crippen MR) is 83.8 cm³/mol. The van der Waals surface area contributed by atoms with Crippen LogP contribution >= 0.6 is 0 Å². The molecule has 0 spiro atoms. The topological polar surface area (TPSA) is 62.1 Å². The van der Waals surface area contributed by atoms with Gasteiger partial charge in [-0.05, 0) is 51.3 Å². The van der Waals surface area contributed by atoms with E-state index in [9.17, 15) is 4.79 Å². The Morgan fingerprint density at radius 1 is 1.43 bits per heavy atom. The summed E-state index contributed by atoms with van der Waals surface area (Å²) < 4.78 is 5.14. The average molecular weight is 286 g/mol. The third kappa shape index (κ3) is 6.13. The second kappa shape index (κ2) is 7.49. The zero-order valence-corrected chi connectivity index (χ0v) is 13.1. The maximum atomic E-state index is 11.4. The van der Waals surface area contributed by atoms with Crippen LogP contribution in [0.4, 0.5) is 4.79 Å². The Kier molecular flexibility index (Phi) is 5.98. The summed E-state index contributed by atoms with van der Waals surface area (Å²) in [5.41, 5.74) is 2.20. The van der Waals surface area contributed by atoms with Gasteiger partial charge in [0.1, 0.15) is 5.60 Å². The largest absolute Gasteiger partial charge is 0.444 e. The molecule has 0 aliphatic carbocycles. The van der Waals surface area contributed by atoms with Gasteiger partial charge in [0.25, 0.3) is 0 Å². The zero-order chi connectivity index (χ0) is 15.9. The minimum absolute atomic E-state index is 0.404. The van der Waals surface area contributed by atoms with Crippen molar-refractivity contribution in [3.63, 3.8) is 0 Å². The molecule has 0 fully saturated rings. The lowest BCUT2D eigenvalue weighted by atomic mass is 10.0. The lowest BCUT2D eigenvalue weighted by Crippen LogP contribution is -2.32. The van der Waals surface area contributed by atoms with E-state index in [1.807, 2.05) is 52.0 Å². The van der Waals surface area contributed by atoms with E-state index in [0.29, 0.717) is 18.5 Å². The third-order valence-corrected chi connectivity index (χ3v) is 2.77. The van der Waals surface area contributed by atoms with E-state index in [0.717, 1.165) is 11.1 Å². The molecule has 1 N–H and O–H groups in total. The molecule has 1 aromatic carbocycles. The SMILES string of the molecule is Cc1c(C#N)cccc1C=CCCNC(=O)OC(C)(C)C. The van der Waals surface area contributed by atoms with Crippen molar-refractivity contribution < 1.29 is 9.53 Å². The van der Waals surface area contributed by atoms with Gasteiger partial charge in [0.2, 0.25) is 0 Å². The quantitative estimate of drug-likeness (QED) is 0.856. The Labute approximate surface area is 126 Å². The van der Waals surface area contributed by atoms with Crippen molar-refractivity contribution in [1.82, 2.24) is 5.32 Å². The molecule has 1 amide bonds. The fourth-order valence-corrected chi connectivity index (χ4v) is 1.74. The molecule has 4 heteroatoms. The second-order valence-electron chi connectivity index (χ2n) is 5.75. The summed E-state index contributed by atoms with van der Waals surface area (Å²) in [5.74, 6) is 0. The molecular weight excluding hydrogens is 264 g/mol. The molecule has 4 nitrogen and oxygen atoms in total. The molecule has 0 aliphatic heterocycles. The molecular formula is C17H22N2O2. The van der Waals surface area contributed by atoms with Gasteiger partial charge in [-0.2, -0.15) is 5.26 Å². The van der Waals surface area contributed by atoms with Crippen molar-refractivity contribution in [2.75, 3.05) is 6.54 Å². The van der Waals surface area contributed by atoms with Gasteiger partial charge in [-0.1, -0.05) is 24.3 Å². The van der Waals surface area contributed by atoms with Crippen LogP contribution < -0.4 is 5.32 Å². The van der Waals surface area contributed by atoms with Crippen molar-refractivity contribution in [1.29, 1.82) is 5.26 Å². The van der Waals surface area contributed by atoms with Crippen LogP contribution in [-0.4, -0.2) is 18.2 Å². The summed E-state index contributed by atoms with van der Waals surface area (Å²) >= 11 is 0. The number of alkyl carbamates (subject to hydrolysis) is 1. The van der Waals surface area contributed by atoms with Crippen LogP contribution in [0.15, 0.2) is 24.3 Å². The summed E-state index contributed by atoms with van der Waals surface area (Å²) in [4.78, 5) is 11.4. The maximum Gasteiger partial charge on any atom is 0.407 e. The lowest BCUT2D eigenvalue weighted by Gasteiger charge is -2.19. The molecule has 1 aromatic rings. The maximum absolute atomic E-state index is 11.4. The van der Waals surface area contributed by atoms with Crippen molar-refractivity contribution in [2.45, 2.75) is 39.7 Å². The highest BCUT2D eigenvalue weighted by Crippen LogP contribution is 2.14. The van der Waals surface area contributed by atoms with Crippen LogP contribution in [0.3, 0.4) is 0 Å². The number of nitrogens with one attached hydrogen (secondary N) is 1. The van der Waals surface area contributed by atoms with Crippen LogP contribution in [0.25, 0.3) is 6.08 Å². The average Bonchev–Trinajstić information content (AvgIpc) is 2.38. The molecule has 0 saturated carbocycles. The summed E-state index contributed by atoms with van der Waals surface area (Å²) in [7, 11) is 0. The Morgan fingerprint density at radius 3 is 2.76 bits per heavy atom. The Bertz CT molecular complexity index is 563. The van der Waals surface area contributed by atoms with Crippen LogP contribution in [0.1, 0.15) is 43.9 Å². The van der Waals surface area contributed by atoms with Gasteiger partial charge in [0.05, 0.1) is 11.6 Å². The first-order chi connectivity index (χ1) is 9.83. The number of nitriles is 1. The van der Waals surface area contributed by atoms with Crippen LogP contribution in [0.5, 0.6) is 0 Å². The van der Waals surface area contributed by atoms with E-state index >= 15 is 0 Å². The molecule has 0 bridgehead atoms. The fourth-order valence-electron chi connectivity index (χ4n) is 1.74. The molecule has 21 heavy (non-hydrogen) atoms. The lowest BCUT2D eigenvalue weighted by molar-refractivity contribution is 0.0529. The molecule has 0 unspecified atom stereocenters. The Balaban J connectivity index is 2.43.